The van der Waals surface area contributed by atoms with Crippen molar-refractivity contribution >= 4 is 34.7 Å². The summed E-state index contributed by atoms with van der Waals surface area (Å²) in [5.41, 5.74) is 3.85. The molecule has 2 heterocycles. The summed E-state index contributed by atoms with van der Waals surface area (Å²) in [4.78, 5) is 25.7. The summed E-state index contributed by atoms with van der Waals surface area (Å²) in [7, 11) is 0. The maximum absolute atomic E-state index is 12.8. The number of carbonyl (C=O) groups excluding carboxylic acids is 2. The Bertz CT molecular complexity index is 1030. The second kappa shape index (κ2) is 7.48. The molecule has 4 rings (SSSR count). The van der Waals surface area contributed by atoms with Crippen LogP contribution in [0.15, 0.2) is 60.7 Å². The Morgan fingerprint density at radius 3 is 2.57 bits per heavy atom. The SMILES string of the molecule is CC(=O)Nc1cccc(Nc2ccc(C(=O)N3CCc4ccccc43)nn2)c1. The zero-order chi connectivity index (χ0) is 19.5. The van der Waals surface area contributed by atoms with Crippen LogP contribution in [0, 0.1) is 0 Å². The number of hydrogen-bond acceptors (Lipinski definition) is 5. The van der Waals surface area contributed by atoms with Crippen molar-refractivity contribution in [2.24, 2.45) is 0 Å². The van der Waals surface area contributed by atoms with E-state index in [9.17, 15) is 9.59 Å². The van der Waals surface area contributed by atoms with E-state index in [1.807, 2.05) is 36.4 Å². The number of amides is 2. The number of rotatable bonds is 4. The molecule has 2 N–H and O–H groups in total. The van der Waals surface area contributed by atoms with Gasteiger partial charge in [-0.3, -0.25) is 9.59 Å². The lowest BCUT2D eigenvalue weighted by Gasteiger charge is -2.16. The van der Waals surface area contributed by atoms with Gasteiger partial charge in [-0.05, 0) is 48.4 Å². The minimum Gasteiger partial charge on any atom is -0.339 e. The summed E-state index contributed by atoms with van der Waals surface area (Å²) < 4.78 is 0. The molecule has 1 aromatic heterocycles. The topological polar surface area (TPSA) is 87.2 Å². The van der Waals surface area contributed by atoms with Gasteiger partial charge in [-0.15, -0.1) is 10.2 Å². The van der Waals surface area contributed by atoms with Crippen molar-refractivity contribution in [2.45, 2.75) is 13.3 Å². The molecule has 0 saturated heterocycles. The number of anilines is 4. The zero-order valence-corrected chi connectivity index (χ0v) is 15.3. The van der Waals surface area contributed by atoms with Gasteiger partial charge in [-0.1, -0.05) is 24.3 Å². The molecule has 1 aliphatic rings. The molecule has 1 aliphatic heterocycles. The largest absolute Gasteiger partial charge is 0.339 e. The van der Waals surface area contributed by atoms with Gasteiger partial charge in [0, 0.05) is 30.5 Å². The maximum atomic E-state index is 12.8. The fourth-order valence-corrected chi connectivity index (χ4v) is 3.23. The van der Waals surface area contributed by atoms with E-state index >= 15 is 0 Å². The molecular weight excluding hydrogens is 354 g/mol. The highest BCUT2D eigenvalue weighted by atomic mass is 16.2. The third-order valence-corrected chi connectivity index (χ3v) is 4.47. The molecule has 0 saturated carbocycles. The molecule has 7 heteroatoms. The van der Waals surface area contributed by atoms with Crippen molar-refractivity contribution in [3.05, 3.63) is 71.9 Å². The van der Waals surface area contributed by atoms with Gasteiger partial charge < -0.3 is 15.5 Å². The lowest BCUT2D eigenvalue weighted by molar-refractivity contribution is -0.114. The molecule has 0 radical (unpaired) electrons. The van der Waals surface area contributed by atoms with E-state index in [-0.39, 0.29) is 11.8 Å². The number of para-hydroxylation sites is 1. The average molecular weight is 373 g/mol. The van der Waals surface area contributed by atoms with Crippen molar-refractivity contribution in [1.82, 2.24) is 10.2 Å². The van der Waals surface area contributed by atoms with Crippen LogP contribution in [0.1, 0.15) is 23.0 Å². The van der Waals surface area contributed by atoms with Gasteiger partial charge in [-0.25, -0.2) is 0 Å². The zero-order valence-electron chi connectivity index (χ0n) is 15.3. The Morgan fingerprint density at radius 1 is 0.964 bits per heavy atom. The lowest BCUT2D eigenvalue weighted by atomic mass is 10.2. The van der Waals surface area contributed by atoms with Gasteiger partial charge in [-0.2, -0.15) is 0 Å². The highest BCUT2D eigenvalue weighted by molar-refractivity contribution is 6.06. The lowest BCUT2D eigenvalue weighted by Crippen LogP contribution is -2.29. The van der Waals surface area contributed by atoms with Gasteiger partial charge in [0.2, 0.25) is 5.91 Å². The molecule has 28 heavy (non-hydrogen) atoms. The summed E-state index contributed by atoms with van der Waals surface area (Å²) in [5.74, 6) is 0.221. The Labute approximate surface area is 162 Å². The predicted octanol–water partition coefficient (Wildman–Crippen LogP) is 3.38. The van der Waals surface area contributed by atoms with Crippen molar-refractivity contribution in [3.8, 4) is 0 Å². The number of hydrogen-bond donors (Lipinski definition) is 2. The highest BCUT2D eigenvalue weighted by Crippen LogP contribution is 2.28. The molecule has 0 fully saturated rings. The van der Waals surface area contributed by atoms with Gasteiger partial charge in [0.25, 0.3) is 5.91 Å². The molecule has 0 bridgehead atoms. The Kier molecular flexibility index (Phi) is 4.72. The first-order chi connectivity index (χ1) is 13.6. The minimum absolute atomic E-state index is 0.136. The van der Waals surface area contributed by atoms with Crippen LogP contribution >= 0.6 is 0 Å². The van der Waals surface area contributed by atoms with Crippen molar-refractivity contribution < 1.29 is 9.59 Å². The number of aromatic nitrogens is 2. The van der Waals surface area contributed by atoms with Crippen LogP contribution in [-0.2, 0) is 11.2 Å². The van der Waals surface area contributed by atoms with E-state index in [1.165, 1.54) is 12.5 Å². The second-order valence-electron chi connectivity index (χ2n) is 6.53. The number of fused-ring (bicyclic) bond motifs is 1. The monoisotopic (exact) mass is 373 g/mol. The maximum Gasteiger partial charge on any atom is 0.278 e. The Balaban J connectivity index is 1.47. The van der Waals surface area contributed by atoms with E-state index < -0.39 is 0 Å². The van der Waals surface area contributed by atoms with Crippen molar-refractivity contribution in [3.63, 3.8) is 0 Å². The molecule has 2 amide bonds. The van der Waals surface area contributed by atoms with E-state index in [2.05, 4.69) is 20.8 Å². The standard InChI is InChI=1S/C21H19N5O2/c1-14(27)22-16-6-4-7-17(13-16)23-20-10-9-18(24-25-20)21(28)26-12-11-15-5-2-3-8-19(15)26/h2-10,13H,11-12H2,1H3,(H,22,27)(H,23,25). The minimum atomic E-state index is -0.156. The first-order valence-electron chi connectivity index (χ1n) is 8.98. The highest BCUT2D eigenvalue weighted by Gasteiger charge is 2.26. The van der Waals surface area contributed by atoms with E-state index in [0.717, 1.165) is 17.8 Å². The number of carbonyl (C=O) groups is 2. The first-order valence-corrected chi connectivity index (χ1v) is 8.98. The van der Waals surface area contributed by atoms with Gasteiger partial charge in [0.15, 0.2) is 11.5 Å². The molecule has 0 unspecified atom stereocenters. The summed E-state index contributed by atoms with van der Waals surface area (Å²) >= 11 is 0. The fraction of sp³-hybridized carbons (Fsp3) is 0.143. The number of nitrogens with one attached hydrogen (secondary N) is 2. The van der Waals surface area contributed by atoms with Crippen LogP contribution < -0.4 is 15.5 Å². The van der Waals surface area contributed by atoms with E-state index in [0.29, 0.717) is 23.7 Å². The molecule has 3 aromatic rings. The normalized spacial score (nSPS) is 12.4. The Hall–Kier alpha value is -3.74. The van der Waals surface area contributed by atoms with Crippen molar-refractivity contribution in [1.29, 1.82) is 0 Å². The third-order valence-electron chi connectivity index (χ3n) is 4.47. The van der Waals surface area contributed by atoms with Crippen LogP contribution in [0.3, 0.4) is 0 Å². The van der Waals surface area contributed by atoms with Crippen LogP contribution in [0.5, 0.6) is 0 Å². The second-order valence-corrected chi connectivity index (χ2v) is 6.53. The van der Waals surface area contributed by atoms with E-state index in [1.54, 1.807) is 29.2 Å². The van der Waals surface area contributed by atoms with Crippen LogP contribution in [0.4, 0.5) is 22.9 Å². The van der Waals surface area contributed by atoms with Crippen LogP contribution in [-0.4, -0.2) is 28.6 Å². The quantitative estimate of drug-likeness (QED) is 0.732. The summed E-state index contributed by atoms with van der Waals surface area (Å²) in [6.45, 7) is 2.11. The van der Waals surface area contributed by atoms with E-state index in [4.69, 9.17) is 0 Å². The average Bonchev–Trinajstić information content (AvgIpc) is 3.12. The fourth-order valence-electron chi connectivity index (χ4n) is 3.23. The summed E-state index contributed by atoms with van der Waals surface area (Å²) in [5, 5.41) is 14.1. The first kappa shape index (κ1) is 17.7. The van der Waals surface area contributed by atoms with Crippen LogP contribution in [0.2, 0.25) is 0 Å². The summed E-state index contributed by atoms with van der Waals surface area (Å²) in [6, 6.07) is 18.5. The number of nitrogens with zero attached hydrogens (tertiary/aromatic N) is 3. The van der Waals surface area contributed by atoms with Gasteiger partial charge in [0.05, 0.1) is 0 Å². The van der Waals surface area contributed by atoms with Gasteiger partial charge >= 0.3 is 0 Å². The molecular formula is C21H19N5O2. The molecule has 0 atom stereocenters. The van der Waals surface area contributed by atoms with Crippen LogP contribution in [0.25, 0.3) is 0 Å². The Morgan fingerprint density at radius 2 is 1.79 bits per heavy atom. The smallest absolute Gasteiger partial charge is 0.278 e. The van der Waals surface area contributed by atoms with Gasteiger partial charge in [0.1, 0.15) is 0 Å². The molecule has 2 aromatic carbocycles. The predicted molar refractivity (Wildman–Crippen MR) is 108 cm³/mol. The van der Waals surface area contributed by atoms with Crippen molar-refractivity contribution in [2.75, 3.05) is 22.1 Å². The number of benzene rings is 2. The molecule has 0 aliphatic carbocycles. The third kappa shape index (κ3) is 3.68. The molecule has 0 spiro atoms. The summed E-state index contributed by atoms with van der Waals surface area (Å²) in [6.07, 6.45) is 0.847. The molecule has 140 valence electrons. The molecule has 7 nitrogen and oxygen atoms in total.